The van der Waals surface area contributed by atoms with Gasteiger partial charge in [0, 0.05) is 42.3 Å². The van der Waals surface area contributed by atoms with Gasteiger partial charge in [-0.25, -0.2) is 0 Å². The summed E-state index contributed by atoms with van der Waals surface area (Å²) in [6.07, 6.45) is 6.31. The van der Waals surface area contributed by atoms with Crippen LogP contribution in [0.25, 0.3) is 5.69 Å². The molecule has 1 fully saturated rings. The van der Waals surface area contributed by atoms with Gasteiger partial charge >= 0.3 is 0 Å². The molecule has 29 heavy (non-hydrogen) atoms. The number of ether oxygens (including phenoxy) is 1. The summed E-state index contributed by atoms with van der Waals surface area (Å²) in [5.74, 6) is 0.498. The fourth-order valence-electron chi connectivity index (χ4n) is 3.53. The van der Waals surface area contributed by atoms with Crippen LogP contribution in [0.4, 0.5) is 11.4 Å². The van der Waals surface area contributed by atoms with Crippen LogP contribution < -0.4 is 15.0 Å². The molecule has 0 radical (unpaired) electrons. The zero-order valence-corrected chi connectivity index (χ0v) is 16.3. The van der Waals surface area contributed by atoms with Crippen molar-refractivity contribution in [2.45, 2.75) is 19.3 Å². The van der Waals surface area contributed by atoms with Crippen LogP contribution in [-0.2, 0) is 4.79 Å². The van der Waals surface area contributed by atoms with E-state index in [2.05, 4.69) is 5.32 Å². The van der Waals surface area contributed by atoms with E-state index >= 15 is 0 Å². The number of nitrogens with zero attached hydrogens (tertiary/aromatic N) is 2. The molecule has 2 aromatic carbocycles. The average Bonchev–Trinajstić information content (AvgIpc) is 3.29. The number of methoxy groups -OCH3 is 1. The van der Waals surface area contributed by atoms with Crippen molar-refractivity contribution in [2.75, 3.05) is 23.9 Å². The monoisotopic (exact) mass is 389 g/mol. The molecule has 6 nitrogen and oxygen atoms in total. The lowest BCUT2D eigenvalue weighted by atomic mass is 10.1. The summed E-state index contributed by atoms with van der Waals surface area (Å²) in [6, 6.07) is 16.7. The average molecular weight is 389 g/mol. The molecular formula is C23H23N3O3. The molecule has 1 aromatic heterocycles. The molecule has 1 aliphatic rings. The summed E-state index contributed by atoms with van der Waals surface area (Å²) >= 11 is 0. The van der Waals surface area contributed by atoms with E-state index in [0.717, 1.165) is 18.5 Å². The van der Waals surface area contributed by atoms with Crippen LogP contribution in [-0.4, -0.2) is 30.0 Å². The quantitative estimate of drug-likeness (QED) is 0.709. The van der Waals surface area contributed by atoms with E-state index in [0.29, 0.717) is 35.7 Å². The Hall–Kier alpha value is -3.54. The highest BCUT2D eigenvalue weighted by molar-refractivity contribution is 6.05. The summed E-state index contributed by atoms with van der Waals surface area (Å²) in [6.45, 7) is 0.660. The van der Waals surface area contributed by atoms with Gasteiger partial charge in [0.05, 0.1) is 12.8 Å². The van der Waals surface area contributed by atoms with E-state index in [9.17, 15) is 9.59 Å². The first-order valence-corrected chi connectivity index (χ1v) is 9.69. The Morgan fingerprint density at radius 2 is 1.79 bits per heavy atom. The third-order valence-electron chi connectivity index (χ3n) is 5.08. The highest BCUT2D eigenvalue weighted by Gasteiger charge is 2.23. The predicted molar refractivity (Wildman–Crippen MR) is 113 cm³/mol. The minimum atomic E-state index is -0.204. The lowest BCUT2D eigenvalue weighted by molar-refractivity contribution is -0.119. The standard InChI is InChI=1S/C23H23N3O3/c1-29-21-12-9-18(16-20(21)26-15-3-2-6-22(26)27)24-23(28)17-7-10-19(11-8-17)25-13-4-5-14-25/h4-5,7-14,16H,2-3,6,15H2,1H3,(H,24,28). The third kappa shape index (κ3) is 4.01. The van der Waals surface area contributed by atoms with Gasteiger partial charge in [0.2, 0.25) is 5.91 Å². The molecule has 0 spiro atoms. The SMILES string of the molecule is COc1ccc(NC(=O)c2ccc(-n3cccc3)cc2)cc1N1CCCCC1=O. The molecule has 1 saturated heterocycles. The number of amides is 2. The molecule has 3 aromatic rings. The number of nitrogens with one attached hydrogen (secondary N) is 1. The van der Waals surface area contributed by atoms with Gasteiger partial charge < -0.3 is 19.5 Å². The van der Waals surface area contributed by atoms with Gasteiger partial charge in [-0.05, 0) is 67.4 Å². The Morgan fingerprint density at radius 3 is 2.48 bits per heavy atom. The topological polar surface area (TPSA) is 63.6 Å². The van der Waals surface area contributed by atoms with Gasteiger partial charge in [0.1, 0.15) is 5.75 Å². The molecule has 0 saturated carbocycles. The Kier molecular flexibility index (Phi) is 5.33. The third-order valence-corrected chi connectivity index (χ3v) is 5.08. The lowest BCUT2D eigenvalue weighted by Gasteiger charge is -2.28. The zero-order valence-electron chi connectivity index (χ0n) is 16.3. The van der Waals surface area contributed by atoms with Crippen molar-refractivity contribution in [3.05, 3.63) is 72.6 Å². The van der Waals surface area contributed by atoms with Crippen molar-refractivity contribution in [3.8, 4) is 11.4 Å². The molecule has 4 rings (SSSR count). The minimum Gasteiger partial charge on any atom is -0.495 e. The van der Waals surface area contributed by atoms with Crippen LogP contribution in [0.5, 0.6) is 5.75 Å². The molecule has 2 amide bonds. The van der Waals surface area contributed by atoms with Crippen LogP contribution in [0.2, 0.25) is 0 Å². The van der Waals surface area contributed by atoms with Gasteiger partial charge in [-0.1, -0.05) is 0 Å². The van der Waals surface area contributed by atoms with Crippen LogP contribution in [0, 0.1) is 0 Å². The van der Waals surface area contributed by atoms with Crippen LogP contribution in [0.1, 0.15) is 29.6 Å². The smallest absolute Gasteiger partial charge is 0.255 e. The Morgan fingerprint density at radius 1 is 1.03 bits per heavy atom. The second-order valence-corrected chi connectivity index (χ2v) is 6.98. The summed E-state index contributed by atoms with van der Waals surface area (Å²) in [5, 5.41) is 2.92. The normalized spacial score (nSPS) is 14.0. The van der Waals surface area contributed by atoms with Crippen molar-refractivity contribution in [1.82, 2.24) is 4.57 Å². The summed E-state index contributed by atoms with van der Waals surface area (Å²) < 4.78 is 7.41. The van der Waals surface area contributed by atoms with E-state index in [-0.39, 0.29) is 11.8 Å². The second-order valence-electron chi connectivity index (χ2n) is 6.98. The predicted octanol–water partition coefficient (Wildman–Crippen LogP) is 4.26. The van der Waals surface area contributed by atoms with Crippen LogP contribution in [0.3, 0.4) is 0 Å². The van der Waals surface area contributed by atoms with Crippen molar-refractivity contribution in [2.24, 2.45) is 0 Å². The van der Waals surface area contributed by atoms with Crippen LogP contribution >= 0.6 is 0 Å². The number of benzene rings is 2. The highest BCUT2D eigenvalue weighted by Crippen LogP contribution is 2.33. The van der Waals surface area contributed by atoms with Crippen molar-refractivity contribution in [1.29, 1.82) is 0 Å². The Balaban J connectivity index is 1.53. The molecule has 148 valence electrons. The number of piperidine rings is 1. The lowest BCUT2D eigenvalue weighted by Crippen LogP contribution is -2.35. The molecule has 2 heterocycles. The first-order valence-electron chi connectivity index (χ1n) is 9.69. The first-order chi connectivity index (χ1) is 14.2. The largest absolute Gasteiger partial charge is 0.495 e. The van der Waals surface area contributed by atoms with Crippen molar-refractivity contribution >= 4 is 23.2 Å². The fraction of sp³-hybridized carbons (Fsp3) is 0.217. The zero-order chi connectivity index (χ0) is 20.2. The van der Waals surface area contributed by atoms with E-state index in [1.165, 1.54) is 0 Å². The number of carbonyl (C=O) groups excluding carboxylic acids is 2. The number of hydrogen-bond acceptors (Lipinski definition) is 3. The maximum absolute atomic E-state index is 12.7. The number of hydrogen-bond donors (Lipinski definition) is 1. The van der Waals surface area contributed by atoms with E-state index in [1.54, 1.807) is 42.3 Å². The molecule has 1 N–H and O–H groups in total. The maximum Gasteiger partial charge on any atom is 0.255 e. The molecule has 0 bridgehead atoms. The first kappa shape index (κ1) is 18.8. The highest BCUT2D eigenvalue weighted by atomic mass is 16.5. The van der Waals surface area contributed by atoms with Gasteiger partial charge in [-0.15, -0.1) is 0 Å². The summed E-state index contributed by atoms with van der Waals surface area (Å²) in [5.41, 5.74) is 2.87. The van der Waals surface area contributed by atoms with E-state index in [1.807, 2.05) is 41.2 Å². The van der Waals surface area contributed by atoms with Gasteiger partial charge in [-0.3, -0.25) is 9.59 Å². The molecular weight excluding hydrogens is 366 g/mol. The molecule has 0 atom stereocenters. The van der Waals surface area contributed by atoms with Gasteiger partial charge in [0.15, 0.2) is 0 Å². The fourth-order valence-corrected chi connectivity index (χ4v) is 3.53. The molecule has 6 heteroatoms. The number of carbonyl (C=O) groups is 2. The minimum absolute atomic E-state index is 0.0821. The van der Waals surface area contributed by atoms with Crippen LogP contribution in [0.15, 0.2) is 67.0 Å². The maximum atomic E-state index is 12.7. The number of rotatable bonds is 5. The summed E-state index contributed by atoms with van der Waals surface area (Å²) in [7, 11) is 1.58. The van der Waals surface area contributed by atoms with Gasteiger partial charge in [-0.2, -0.15) is 0 Å². The second kappa shape index (κ2) is 8.22. The van der Waals surface area contributed by atoms with E-state index < -0.39 is 0 Å². The molecule has 0 unspecified atom stereocenters. The number of anilines is 2. The Bertz CT molecular complexity index is 1010. The molecule has 0 aliphatic carbocycles. The molecule has 1 aliphatic heterocycles. The Labute approximate surface area is 169 Å². The number of aromatic nitrogens is 1. The van der Waals surface area contributed by atoms with E-state index in [4.69, 9.17) is 4.74 Å². The van der Waals surface area contributed by atoms with Crippen molar-refractivity contribution in [3.63, 3.8) is 0 Å². The summed E-state index contributed by atoms with van der Waals surface area (Å²) in [4.78, 5) is 26.8. The van der Waals surface area contributed by atoms with Gasteiger partial charge in [0.25, 0.3) is 5.91 Å². The van der Waals surface area contributed by atoms with Crippen molar-refractivity contribution < 1.29 is 14.3 Å².